The molecule has 4 rings (SSSR count). The van der Waals surface area contributed by atoms with E-state index in [0.29, 0.717) is 5.69 Å². The van der Waals surface area contributed by atoms with Crippen molar-refractivity contribution < 1.29 is 37.0 Å². The van der Waals surface area contributed by atoms with Crippen molar-refractivity contribution in [3.63, 3.8) is 0 Å². The van der Waals surface area contributed by atoms with Crippen LogP contribution in [0.25, 0.3) is 5.69 Å². The largest absolute Gasteiger partial charge is 0.505 e. The number of nitrogens with one attached hydrogen (secondary N) is 1. The van der Waals surface area contributed by atoms with Gasteiger partial charge < -0.3 is 21.3 Å². The zero-order valence-electron chi connectivity index (χ0n) is 18.4. The molecule has 5 N–H and O–H groups in total. The molecule has 7 nitrogen and oxygen atoms in total. The van der Waals surface area contributed by atoms with Crippen LogP contribution in [0.3, 0.4) is 0 Å². The van der Waals surface area contributed by atoms with Crippen LogP contribution < -0.4 is 11.1 Å². The van der Waals surface area contributed by atoms with Crippen LogP contribution in [0.4, 0.5) is 27.8 Å². The number of rotatable bonds is 3. The van der Waals surface area contributed by atoms with Crippen molar-refractivity contribution in [2.45, 2.75) is 37.6 Å². The normalized spacial score (nSPS) is 24.2. The second-order valence-electron chi connectivity index (χ2n) is 8.54. The molecule has 1 aliphatic carbocycles. The molecule has 0 bridgehead atoms. The fraction of sp³-hybridized carbons (Fsp3) is 0.304. The van der Waals surface area contributed by atoms with Crippen LogP contribution in [-0.2, 0) is 0 Å². The summed E-state index contributed by atoms with van der Waals surface area (Å²) in [5.41, 5.74) is 2.09. The van der Waals surface area contributed by atoms with Gasteiger partial charge in [-0.2, -0.15) is 18.3 Å². The maximum absolute atomic E-state index is 14.3. The maximum atomic E-state index is 14.3. The van der Waals surface area contributed by atoms with Crippen molar-refractivity contribution in [1.29, 1.82) is 0 Å². The average Bonchev–Trinajstić information content (AvgIpc) is 3.18. The van der Waals surface area contributed by atoms with Crippen molar-refractivity contribution in [3.05, 3.63) is 70.9 Å². The Kier molecular flexibility index (Phi) is 5.75. The predicted molar refractivity (Wildman–Crippen MR) is 115 cm³/mol. The number of aliphatic hydroxyl groups is 1. The smallest absolute Gasteiger partial charge is 0.419 e. The number of halogens is 5. The molecule has 0 aliphatic heterocycles. The Morgan fingerprint density at radius 3 is 2.37 bits per heavy atom. The van der Waals surface area contributed by atoms with Gasteiger partial charge in [-0.1, -0.05) is 19.9 Å². The van der Waals surface area contributed by atoms with Crippen LogP contribution in [0.15, 0.2) is 42.6 Å². The number of carbonyl (C=O) groups excluding carboxylic acids is 1. The Morgan fingerprint density at radius 2 is 1.77 bits per heavy atom. The number of fused-ring (bicyclic) bond motifs is 1. The molecule has 3 aromatic rings. The molecule has 35 heavy (non-hydrogen) atoms. The third-order valence-electron chi connectivity index (χ3n) is 6.70. The van der Waals surface area contributed by atoms with Gasteiger partial charge in [0.15, 0.2) is 17.2 Å². The van der Waals surface area contributed by atoms with Crippen LogP contribution in [0.5, 0.6) is 5.75 Å². The van der Waals surface area contributed by atoms with E-state index in [-0.39, 0.29) is 22.5 Å². The van der Waals surface area contributed by atoms with Gasteiger partial charge >= 0.3 is 6.18 Å². The molecule has 0 spiro atoms. The Balaban J connectivity index is 1.79. The van der Waals surface area contributed by atoms with Gasteiger partial charge in [-0.3, -0.25) is 4.79 Å². The van der Waals surface area contributed by atoms with Crippen LogP contribution in [-0.4, -0.2) is 37.7 Å². The van der Waals surface area contributed by atoms with E-state index < -0.39 is 52.9 Å². The van der Waals surface area contributed by atoms with Crippen LogP contribution >= 0.6 is 0 Å². The molecule has 0 radical (unpaired) electrons. The second-order valence-corrected chi connectivity index (χ2v) is 8.54. The minimum Gasteiger partial charge on any atom is -0.505 e. The number of benzene rings is 2. The van der Waals surface area contributed by atoms with E-state index in [4.69, 9.17) is 5.73 Å². The van der Waals surface area contributed by atoms with E-state index in [0.717, 1.165) is 42.1 Å². The van der Waals surface area contributed by atoms with Crippen molar-refractivity contribution in [3.8, 4) is 11.4 Å². The van der Waals surface area contributed by atoms with Crippen molar-refractivity contribution in [1.82, 2.24) is 15.1 Å². The minimum absolute atomic E-state index is 0.147. The summed E-state index contributed by atoms with van der Waals surface area (Å²) in [5.74, 6) is -6.45. The lowest BCUT2D eigenvalue weighted by Crippen LogP contribution is -2.62. The number of amides is 1. The number of carbonyl (C=O) groups is 1. The van der Waals surface area contributed by atoms with Gasteiger partial charge in [0, 0.05) is 11.5 Å². The van der Waals surface area contributed by atoms with Crippen LogP contribution in [0.2, 0.25) is 0 Å². The fourth-order valence-electron chi connectivity index (χ4n) is 4.60. The Labute approximate surface area is 196 Å². The number of phenols is 1. The number of hydrogen-bond donors (Lipinski definition) is 4. The highest BCUT2D eigenvalue weighted by molar-refractivity contribution is 5.98. The molecule has 1 heterocycles. The zero-order chi connectivity index (χ0) is 25.9. The fourth-order valence-corrected chi connectivity index (χ4v) is 4.60. The van der Waals surface area contributed by atoms with Crippen molar-refractivity contribution in [2.24, 2.45) is 5.92 Å². The van der Waals surface area contributed by atoms with Crippen molar-refractivity contribution in [2.75, 3.05) is 5.73 Å². The molecular formula is C23H21F5N4O3. The summed E-state index contributed by atoms with van der Waals surface area (Å²) in [6.45, 7) is 2.42. The Hall–Kier alpha value is -3.67. The lowest BCUT2D eigenvalue weighted by molar-refractivity contribution is -0.293. The quantitative estimate of drug-likeness (QED) is 0.410. The number of nitrogens with two attached hydrogens (primary N) is 1. The molecule has 0 saturated carbocycles. The predicted octanol–water partition coefficient (Wildman–Crippen LogP) is 3.96. The number of hydrogen-bond acceptors (Lipinski definition) is 5. The van der Waals surface area contributed by atoms with Gasteiger partial charge in [0.2, 0.25) is 0 Å². The highest BCUT2D eigenvalue weighted by Gasteiger charge is 2.66. The first-order valence-corrected chi connectivity index (χ1v) is 10.5. The van der Waals surface area contributed by atoms with Gasteiger partial charge in [0.25, 0.3) is 5.91 Å². The SMILES string of the molecule is CC1c2c(ccc(F)c2O)C(NC(=O)c2cnn(-c3ccc(F)cc3)c2N)[C@](O)(C(F)(F)F)[C@@H]1C. The van der Waals surface area contributed by atoms with E-state index in [2.05, 4.69) is 10.4 Å². The molecule has 1 aromatic heterocycles. The third kappa shape index (κ3) is 3.68. The third-order valence-corrected chi connectivity index (χ3v) is 6.70. The molecule has 2 unspecified atom stereocenters. The summed E-state index contributed by atoms with van der Waals surface area (Å²) in [5, 5.41) is 27.4. The lowest BCUT2D eigenvalue weighted by Gasteiger charge is -2.49. The lowest BCUT2D eigenvalue weighted by atomic mass is 9.64. The minimum atomic E-state index is -5.20. The molecule has 4 atom stereocenters. The Bertz CT molecular complexity index is 1290. The van der Waals surface area contributed by atoms with E-state index in [1.165, 1.54) is 19.1 Å². The summed E-state index contributed by atoms with van der Waals surface area (Å²) in [6.07, 6.45) is -4.19. The molecule has 0 fully saturated rings. The second kappa shape index (κ2) is 8.22. The van der Waals surface area contributed by atoms with Crippen LogP contribution in [0.1, 0.15) is 47.3 Å². The highest BCUT2D eigenvalue weighted by atomic mass is 19.4. The van der Waals surface area contributed by atoms with Gasteiger partial charge in [-0.15, -0.1) is 0 Å². The first-order chi connectivity index (χ1) is 16.3. The summed E-state index contributed by atoms with van der Waals surface area (Å²) >= 11 is 0. The maximum Gasteiger partial charge on any atom is 0.419 e. The summed E-state index contributed by atoms with van der Waals surface area (Å²) < 4.78 is 71.1. The van der Waals surface area contributed by atoms with E-state index in [1.807, 2.05) is 0 Å². The summed E-state index contributed by atoms with van der Waals surface area (Å²) in [7, 11) is 0. The number of aromatic hydroxyl groups is 1. The molecule has 2 aromatic carbocycles. The number of nitrogen functional groups attached to an aromatic ring is 1. The number of aromatic nitrogens is 2. The topological polar surface area (TPSA) is 113 Å². The average molecular weight is 496 g/mol. The molecule has 0 saturated heterocycles. The Morgan fingerprint density at radius 1 is 1.14 bits per heavy atom. The number of nitrogens with zero attached hydrogens (tertiary/aromatic N) is 2. The summed E-state index contributed by atoms with van der Waals surface area (Å²) in [6, 6.07) is 4.57. The number of alkyl halides is 3. The summed E-state index contributed by atoms with van der Waals surface area (Å²) in [4.78, 5) is 13.1. The molecular weight excluding hydrogens is 475 g/mol. The number of phenolic OH excluding ortho intramolecular Hbond substituents is 1. The molecule has 1 aliphatic rings. The van der Waals surface area contributed by atoms with E-state index in [1.54, 1.807) is 0 Å². The van der Waals surface area contributed by atoms with Crippen molar-refractivity contribution >= 4 is 11.7 Å². The van der Waals surface area contributed by atoms with E-state index >= 15 is 0 Å². The molecule has 186 valence electrons. The van der Waals surface area contributed by atoms with Gasteiger partial charge in [0.05, 0.1) is 17.9 Å². The van der Waals surface area contributed by atoms with Gasteiger partial charge in [-0.05, 0) is 41.8 Å². The zero-order valence-corrected chi connectivity index (χ0v) is 18.4. The van der Waals surface area contributed by atoms with Gasteiger partial charge in [0.1, 0.15) is 17.2 Å². The molecule has 1 amide bonds. The first kappa shape index (κ1) is 24.5. The van der Waals surface area contributed by atoms with Gasteiger partial charge in [-0.25, -0.2) is 13.5 Å². The molecule has 12 heteroatoms. The highest BCUT2D eigenvalue weighted by Crippen LogP contribution is 2.56. The van der Waals surface area contributed by atoms with E-state index in [9.17, 15) is 37.0 Å². The number of anilines is 1. The standard InChI is InChI=1S/C23H21F5N4O3/c1-10-11(2)22(35,23(26,27)28)19(14-7-8-16(25)18(33)17(10)14)31-21(34)15-9-30-32(20(15)29)13-5-3-12(24)4-6-13/h3-11,19,33,35H,29H2,1-2H3,(H,31,34)/t10?,11-,19?,22+/m1/s1. The monoisotopic (exact) mass is 496 g/mol. The first-order valence-electron chi connectivity index (χ1n) is 10.5. The van der Waals surface area contributed by atoms with Crippen LogP contribution in [0, 0.1) is 17.6 Å².